The van der Waals surface area contributed by atoms with Gasteiger partial charge in [-0.3, -0.25) is 9.69 Å². The molecule has 1 fully saturated rings. The van der Waals surface area contributed by atoms with E-state index in [-0.39, 0.29) is 0 Å². The SMILES string of the molecule is CSCCC(C)N1CCC(=O)CC1. The summed E-state index contributed by atoms with van der Waals surface area (Å²) in [5, 5.41) is 0. The number of ketones is 1. The number of thioether (sulfide) groups is 1. The zero-order valence-electron chi connectivity index (χ0n) is 8.58. The first-order chi connectivity index (χ1) is 6.24. The van der Waals surface area contributed by atoms with Crippen molar-refractivity contribution in [2.45, 2.75) is 32.2 Å². The largest absolute Gasteiger partial charge is 0.300 e. The molecule has 1 rings (SSSR count). The normalized spacial score (nSPS) is 21.8. The average Bonchev–Trinajstić information content (AvgIpc) is 2.15. The Morgan fingerprint density at radius 1 is 1.46 bits per heavy atom. The van der Waals surface area contributed by atoms with Gasteiger partial charge in [-0.15, -0.1) is 0 Å². The van der Waals surface area contributed by atoms with Crippen LogP contribution < -0.4 is 0 Å². The number of hydrogen-bond acceptors (Lipinski definition) is 3. The summed E-state index contributed by atoms with van der Waals surface area (Å²) in [5.41, 5.74) is 0. The lowest BCUT2D eigenvalue weighted by atomic mass is 10.1. The summed E-state index contributed by atoms with van der Waals surface area (Å²) in [5.74, 6) is 1.67. The zero-order chi connectivity index (χ0) is 9.68. The van der Waals surface area contributed by atoms with Gasteiger partial charge in [0, 0.05) is 32.0 Å². The molecule has 1 atom stereocenters. The van der Waals surface area contributed by atoms with E-state index in [0.29, 0.717) is 11.8 Å². The number of carbonyl (C=O) groups is 1. The average molecular weight is 201 g/mol. The van der Waals surface area contributed by atoms with Crippen LogP contribution in [0.5, 0.6) is 0 Å². The molecule has 13 heavy (non-hydrogen) atoms. The van der Waals surface area contributed by atoms with Crippen molar-refractivity contribution < 1.29 is 4.79 Å². The highest BCUT2D eigenvalue weighted by Gasteiger charge is 2.19. The van der Waals surface area contributed by atoms with Crippen molar-refractivity contribution in [3.05, 3.63) is 0 Å². The van der Waals surface area contributed by atoms with Crippen LogP contribution in [0.2, 0.25) is 0 Å². The lowest BCUT2D eigenvalue weighted by Crippen LogP contribution is -2.40. The smallest absolute Gasteiger partial charge is 0.135 e. The Morgan fingerprint density at radius 3 is 2.62 bits per heavy atom. The number of hydrogen-bond donors (Lipinski definition) is 0. The van der Waals surface area contributed by atoms with Crippen LogP contribution in [0.25, 0.3) is 0 Å². The molecule has 0 amide bonds. The van der Waals surface area contributed by atoms with Crippen LogP contribution in [-0.4, -0.2) is 41.8 Å². The number of piperidine rings is 1. The highest BCUT2D eigenvalue weighted by molar-refractivity contribution is 7.98. The highest BCUT2D eigenvalue weighted by atomic mass is 32.2. The predicted octanol–water partition coefficient (Wildman–Crippen LogP) is 1.79. The van der Waals surface area contributed by atoms with Gasteiger partial charge >= 0.3 is 0 Å². The molecule has 0 radical (unpaired) electrons. The van der Waals surface area contributed by atoms with E-state index in [0.717, 1.165) is 25.9 Å². The van der Waals surface area contributed by atoms with Crippen LogP contribution >= 0.6 is 11.8 Å². The fourth-order valence-corrected chi connectivity index (χ4v) is 2.26. The maximum absolute atomic E-state index is 11.0. The molecule has 1 aliphatic rings. The second-order valence-corrected chi connectivity index (χ2v) is 4.69. The molecule has 2 nitrogen and oxygen atoms in total. The van der Waals surface area contributed by atoms with Gasteiger partial charge in [0.05, 0.1) is 0 Å². The van der Waals surface area contributed by atoms with Gasteiger partial charge in [-0.05, 0) is 25.4 Å². The summed E-state index contributed by atoms with van der Waals surface area (Å²) in [6.45, 7) is 4.23. The molecule has 0 bridgehead atoms. The van der Waals surface area contributed by atoms with Gasteiger partial charge in [-0.25, -0.2) is 0 Å². The first-order valence-electron chi connectivity index (χ1n) is 4.98. The van der Waals surface area contributed by atoms with E-state index in [1.165, 1.54) is 12.2 Å². The lowest BCUT2D eigenvalue weighted by molar-refractivity contribution is -0.121. The van der Waals surface area contributed by atoms with Crippen molar-refractivity contribution in [2.75, 3.05) is 25.1 Å². The lowest BCUT2D eigenvalue weighted by Gasteiger charge is -2.31. The molecule has 1 aliphatic heterocycles. The fourth-order valence-electron chi connectivity index (χ4n) is 1.69. The van der Waals surface area contributed by atoms with Crippen molar-refractivity contribution in [1.82, 2.24) is 4.90 Å². The number of carbonyl (C=O) groups excluding carboxylic acids is 1. The Hall–Kier alpha value is -0.0200. The van der Waals surface area contributed by atoms with Crippen LogP contribution in [0.3, 0.4) is 0 Å². The monoisotopic (exact) mass is 201 g/mol. The third kappa shape index (κ3) is 3.69. The van der Waals surface area contributed by atoms with E-state index in [4.69, 9.17) is 0 Å². The van der Waals surface area contributed by atoms with Crippen LogP contribution in [0.1, 0.15) is 26.2 Å². The zero-order valence-corrected chi connectivity index (χ0v) is 9.40. The number of likely N-dealkylation sites (tertiary alicyclic amines) is 1. The maximum atomic E-state index is 11.0. The minimum Gasteiger partial charge on any atom is -0.300 e. The van der Waals surface area contributed by atoms with Crippen molar-refractivity contribution >= 4 is 17.5 Å². The molecule has 0 spiro atoms. The van der Waals surface area contributed by atoms with Crippen LogP contribution in [0, 0.1) is 0 Å². The number of rotatable bonds is 4. The fraction of sp³-hybridized carbons (Fsp3) is 0.900. The topological polar surface area (TPSA) is 20.3 Å². The van der Waals surface area contributed by atoms with Gasteiger partial charge in [0.15, 0.2) is 0 Å². The van der Waals surface area contributed by atoms with Crippen LogP contribution in [0.15, 0.2) is 0 Å². The Kier molecular flexibility index (Phi) is 4.81. The highest BCUT2D eigenvalue weighted by Crippen LogP contribution is 2.13. The van der Waals surface area contributed by atoms with E-state index >= 15 is 0 Å². The third-order valence-corrected chi connectivity index (χ3v) is 3.36. The van der Waals surface area contributed by atoms with Gasteiger partial charge in [0.1, 0.15) is 5.78 Å². The minimum atomic E-state index is 0.438. The molecule has 1 heterocycles. The number of nitrogens with zero attached hydrogens (tertiary/aromatic N) is 1. The Labute approximate surface area is 85.1 Å². The summed E-state index contributed by atoms with van der Waals surface area (Å²) in [7, 11) is 0. The van der Waals surface area contributed by atoms with Gasteiger partial charge in [-0.2, -0.15) is 11.8 Å². The van der Waals surface area contributed by atoms with Crippen LogP contribution in [-0.2, 0) is 4.79 Å². The second-order valence-electron chi connectivity index (χ2n) is 3.71. The Bertz CT molecular complexity index is 162. The molecule has 76 valence electrons. The van der Waals surface area contributed by atoms with Gasteiger partial charge in [0.25, 0.3) is 0 Å². The summed E-state index contributed by atoms with van der Waals surface area (Å²) >= 11 is 1.90. The first kappa shape index (κ1) is 11.1. The molecular weight excluding hydrogens is 182 g/mol. The van der Waals surface area contributed by atoms with Crippen molar-refractivity contribution in [3.8, 4) is 0 Å². The third-order valence-electron chi connectivity index (χ3n) is 2.72. The summed E-state index contributed by atoms with van der Waals surface area (Å²) < 4.78 is 0. The standard InChI is InChI=1S/C10H19NOS/c1-9(5-8-13-2)11-6-3-10(12)4-7-11/h9H,3-8H2,1-2H3. The molecule has 3 heteroatoms. The van der Waals surface area contributed by atoms with Gasteiger partial charge < -0.3 is 0 Å². The first-order valence-corrected chi connectivity index (χ1v) is 6.38. The molecule has 1 saturated heterocycles. The van der Waals surface area contributed by atoms with E-state index in [9.17, 15) is 4.79 Å². The van der Waals surface area contributed by atoms with E-state index < -0.39 is 0 Å². The summed E-state index contributed by atoms with van der Waals surface area (Å²) in [4.78, 5) is 13.5. The molecule has 0 aromatic heterocycles. The van der Waals surface area contributed by atoms with Crippen molar-refractivity contribution in [3.63, 3.8) is 0 Å². The Morgan fingerprint density at radius 2 is 2.08 bits per heavy atom. The van der Waals surface area contributed by atoms with Crippen molar-refractivity contribution in [1.29, 1.82) is 0 Å². The summed E-state index contributed by atoms with van der Waals surface area (Å²) in [6.07, 6.45) is 4.93. The van der Waals surface area contributed by atoms with E-state index in [2.05, 4.69) is 18.1 Å². The van der Waals surface area contributed by atoms with Gasteiger partial charge in [-0.1, -0.05) is 0 Å². The van der Waals surface area contributed by atoms with Crippen LogP contribution in [0.4, 0.5) is 0 Å². The molecule has 0 aliphatic carbocycles. The molecule has 0 aromatic carbocycles. The molecule has 0 aromatic rings. The predicted molar refractivity (Wildman–Crippen MR) is 58.3 cm³/mol. The molecule has 1 unspecified atom stereocenters. The number of Topliss-reactive ketones (excluding diaryl/α,β-unsaturated/α-hetero) is 1. The van der Waals surface area contributed by atoms with Crippen molar-refractivity contribution in [2.24, 2.45) is 0 Å². The van der Waals surface area contributed by atoms with E-state index in [1.54, 1.807) is 0 Å². The van der Waals surface area contributed by atoms with Gasteiger partial charge in [0.2, 0.25) is 0 Å². The van der Waals surface area contributed by atoms with E-state index in [1.807, 2.05) is 11.8 Å². The Balaban J connectivity index is 2.23. The molecular formula is C10H19NOS. The molecule has 0 saturated carbocycles. The maximum Gasteiger partial charge on any atom is 0.135 e. The molecule has 0 N–H and O–H groups in total. The summed E-state index contributed by atoms with van der Waals surface area (Å²) in [6, 6.07) is 0.653. The quantitative estimate of drug-likeness (QED) is 0.691. The second kappa shape index (κ2) is 5.66. The minimum absolute atomic E-state index is 0.438.